The van der Waals surface area contributed by atoms with Crippen molar-refractivity contribution in [3.8, 4) is 0 Å². The van der Waals surface area contributed by atoms with E-state index in [0.717, 1.165) is 17.0 Å². The van der Waals surface area contributed by atoms with Crippen molar-refractivity contribution in [1.29, 1.82) is 0 Å². The molecule has 2 amide bonds. The third kappa shape index (κ3) is 1.79. The van der Waals surface area contributed by atoms with Crippen molar-refractivity contribution in [1.82, 2.24) is 4.90 Å². The normalized spacial score (nSPS) is 20.2. The van der Waals surface area contributed by atoms with Crippen LogP contribution in [-0.4, -0.2) is 23.8 Å². The Morgan fingerprint density at radius 2 is 1.71 bits per heavy atom. The van der Waals surface area contributed by atoms with Gasteiger partial charge in [-0.1, -0.05) is 0 Å². The van der Waals surface area contributed by atoms with Crippen LogP contribution in [0.3, 0.4) is 0 Å². The second kappa shape index (κ2) is 3.87. The lowest BCUT2D eigenvalue weighted by atomic mass is 9.97. The molecule has 0 N–H and O–H groups in total. The maximum atomic E-state index is 13.0. The summed E-state index contributed by atoms with van der Waals surface area (Å²) >= 11 is 0. The maximum absolute atomic E-state index is 13.0. The predicted octanol–water partition coefficient (Wildman–Crippen LogP) is 1.58. The van der Waals surface area contributed by atoms with Gasteiger partial charge in [0.2, 0.25) is 11.8 Å². The Labute approximate surface area is 94.8 Å². The molecule has 90 valence electrons. The molecule has 0 saturated carbocycles. The molecule has 1 saturated heterocycles. The zero-order chi connectivity index (χ0) is 12.7. The van der Waals surface area contributed by atoms with Crippen molar-refractivity contribution < 1.29 is 22.8 Å². The topological polar surface area (TPSA) is 37.4 Å². The van der Waals surface area contributed by atoms with Gasteiger partial charge in [-0.25, -0.2) is 13.2 Å². The number of nitrogens with zero attached hydrogens (tertiary/aromatic N) is 1. The van der Waals surface area contributed by atoms with Crippen LogP contribution in [0.25, 0.3) is 0 Å². The van der Waals surface area contributed by atoms with Crippen LogP contribution in [0, 0.1) is 17.5 Å². The standard InChI is InChI=1S/C11H8F3NO2/c1-15-9(16)4-6(11(15)17)5-2-7(12)10(14)8(13)3-5/h2-3,6H,4H2,1H3. The van der Waals surface area contributed by atoms with Crippen molar-refractivity contribution in [2.75, 3.05) is 7.05 Å². The first-order chi connectivity index (χ1) is 7.91. The van der Waals surface area contributed by atoms with Gasteiger partial charge in [-0.3, -0.25) is 14.5 Å². The fourth-order valence-electron chi connectivity index (χ4n) is 1.79. The average molecular weight is 243 g/mol. The number of rotatable bonds is 1. The molecule has 1 aromatic rings. The van der Waals surface area contributed by atoms with Gasteiger partial charge >= 0.3 is 0 Å². The van der Waals surface area contributed by atoms with E-state index in [9.17, 15) is 22.8 Å². The summed E-state index contributed by atoms with van der Waals surface area (Å²) in [7, 11) is 1.29. The summed E-state index contributed by atoms with van der Waals surface area (Å²) in [5, 5.41) is 0. The highest BCUT2D eigenvalue weighted by Gasteiger charge is 2.37. The van der Waals surface area contributed by atoms with Gasteiger partial charge in [0.05, 0.1) is 5.92 Å². The van der Waals surface area contributed by atoms with Crippen molar-refractivity contribution in [2.45, 2.75) is 12.3 Å². The molecule has 0 radical (unpaired) electrons. The molecule has 1 heterocycles. The monoisotopic (exact) mass is 243 g/mol. The van der Waals surface area contributed by atoms with Gasteiger partial charge < -0.3 is 0 Å². The molecule has 1 unspecified atom stereocenters. The van der Waals surface area contributed by atoms with Crippen LogP contribution in [0.2, 0.25) is 0 Å². The third-order valence-corrected chi connectivity index (χ3v) is 2.79. The summed E-state index contributed by atoms with van der Waals surface area (Å²) < 4.78 is 38.7. The number of carbonyl (C=O) groups excluding carboxylic acids is 2. The number of hydrogen-bond acceptors (Lipinski definition) is 2. The van der Waals surface area contributed by atoms with E-state index >= 15 is 0 Å². The van der Waals surface area contributed by atoms with Crippen LogP contribution in [0.4, 0.5) is 13.2 Å². The van der Waals surface area contributed by atoms with Crippen LogP contribution < -0.4 is 0 Å². The van der Waals surface area contributed by atoms with Gasteiger partial charge in [0.25, 0.3) is 0 Å². The SMILES string of the molecule is CN1C(=O)CC(c2cc(F)c(F)c(F)c2)C1=O. The lowest BCUT2D eigenvalue weighted by Gasteiger charge is -2.09. The summed E-state index contributed by atoms with van der Waals surface area (Å²) in [6.45, 7) is 0. The Kier molecular flexibility index (Phi) is 2.65. The van der Waals surface area contributed by atoms with Crippen LogP contribution >= 0.6 is 0 Å². The van der Waals surface area contributed by atoms with Crippen LogP contribution in [0.5, 0.6) is 0 Å². The molecular weight excluding hydrogens is 235 g/mol. The number of halogens is 3. The molecule has 17 heavy (non-hydrogen) atoms. The summed E-state index contributed by atoms with van der Waals surface area (Å²) in [6, 6.07) is 1.49. The smallest absolute Gasteiger partial charge is 0.236 e. The molecule has 0 aliphatic carbocycles. The van der Waals surface area contributed by atoms with Gasteiger partial charge in [-0.2, -0.15) is 0 Å². The van der Waals surface area contributed by atoms with Crippen molar-refractivity contribution in [3.63, 3.8) is 0 Å². The summed E-state index contributed by atoms with van der Waals surface area (Å²) in [5.41, 5.74) is -0.0240. The fourth-order valence-corrected chi connectivity index (χ4v) is 1.79. The Balaban J connectivity index is 2.43. The number of benzene rings is 1. The molecule has 1 aliphatic heterocycles. The molecule has 1 aliphatic rings. The van der Waals surface area contributed by atoms with Gasteiger partial charge in [-0.15, -0.1) is 0 Å². The minimum Gasteiger partial charge on any atom is -0.285 e. The Morgan fingerprint density at radius 3 is 2.12 bits per heavy atom. The van der Waals surface area contributed by atoms with E-state index in [2.05, 4.69) is 0 Å². The molecule has 0 spiro atoms. The van der Waals surface area contributed by atoms with Crippen LogP contribution in [0.15, 0.2) is 12.1 Å². The van der Waals surface area contributed by atoms with Gasteiger partial charge in [-0.05, 0) is 17.7 Å². The quantitative estimate of drug-likeness (QED) is 0.554. The van der Waals surface area contributed by atoms with E-state index < -0.39 is 35.2 Å². The van der Waals surface area contributed by atoms with E-state index in [1.165, 1.54) is 7.05 Å². The first-order valence-corrected chi connectivity index (χ1v) is 4.86. The summed E-state index contributed by atoms with van der Waals surface area (Å²) in [4.78, 5) is 23.7. The van der Waals surface area contributed by atoms with E-state index in [-0.39, 0.29) is 12.0 Å². The molecule has 1 aromatic carbocycles. The number of hydrogen-bond donors (Lipinski definition) is 0. The minimum absolute atomic E-state index is 0.0240. The average Bonchev–Trinajstić information content (AvgIpc) is 2.53. The Hall–Kier alpha value is -1.85. The molecular formula is C11H8F3NO2. The van der Waals surface area contributed by atoms with E-state index in [1.54, 1.807) is 0 Å². The number of likely N-dealkylation sites (N-methyl/N-ethyl adjacent to an activating group) is 1. The third-order valence-electron chi connectivity index (χ3n) is 2.79. The first kappa shape index (κ1) is 11.6. The van der Waals surface area contributed by atoms with Gasteiger partial charge in [0.15, 0.2) is 17.5 Å². The zero-order valence-electron chi connectivity index (χ0n) is 8.84. The predicted molar refractivity (Wildman–Crippen MR) is 51.5 cm³/mol. The van der Waals surface area contributed by atoms with E-state index in [4.69, 9.17) is 0 Å². The molecule has 6 heteroatoms. The fraction of sp³-hybridized carbons (Fsp3) is 0.273. The van der Waals surface area contributed by atoms with Gasteiger partial charge in [0, 0.05) is 13.5 Å². The lowest BCUT2D eigenvalue weighted by molar-refractivity contribution is -0.137. The molecule has 0 bridgehead atoms. The molecule has 0 aromatic heterocycles. The summed E-state index contributed by atoms with van der Waals surface area (Å²) in [6.07, 6.45) is -0.153. The highest BCUT2D eigenvalue weighted by Crippen LogP contribution is 2.30. The molecule has 3 nitrogen and oxygen atoms in total. The molecule has 2 rings (SSSR count). The number of carbonyl (C=O) groups is 2. The maximum Gasteiger partial charge on any atom is 0.236 e. The summed E-state index contributed by atoms with van der Waals surface area (Å²) in [5.74, 6) is -6.22. The van der Waals surface area contributed by atoms with Crippen molar-refractivity contribution >= 4 is 11.8 Å². The highest BCUT2D eigenvalue weighted by atomic mass is 19.2. The Morgan fingerprint density at radius 1 is 1.18 bits per heavy atom. The lowest BCUT2D eigenvalue weighted by Crippen LogP contribution is -2.25. The Bertz CT molecular complexity index is 492. The number of likely N-dealkylation sites (tertiary alicyclic amines) is 1. The second-order valence-electron chi connectivity index (χ2n) is 3.85. The zero-order valence-corrected chi connectivity index (χ0v) is 8.84. The largest absolute Gasteiger partial charge is 0.285 e. The van der Waals surface area contributed by atoms with Crippen LogP contribution in [0.1, 0.15) is 17.9 Å². The molecule has 1 atom stereocenters. The van der Waals surface area contributed by atoms with Crippen molar-refractivity contribution in [3.05, 3.63) is 35.1 Å². The number of amides is 2. The number of imide groups is 1. The minimum atomic E-state index is -1.58. The van der Waals surface area contributed by atoms with Crippen LogP contribution in [-0.2, 0) is 9.59 Å². The second-order valence-corrected chi connectivity index (χ2v) is 3.85. The van der Waals surface area contributed by atoms with E-state index in [1.807, 2.05) is 0 Å². The van der Waals surface area contributed by atoms with Gasteiger partial charge in [0.1, 0.15) is 0 Å². The highest BCUT2D eigenvalue weighted by molar-refractivity contribution is 6.05. The van der Waals surface area contributed by atoms with Crippen molar-refractivity contribution in [2.24, 2.45) is 0 Å². The molecule has 1 fully saturated rings. The van der Waals surface area contributed by atoms with E-state index in [0.29, 0.717) is 0 Å². The first-order valence-electron chi connectivity index (χ1n) is 4.86.